The molecule has 6 rings (SSSR count). The molecule has 39 heavy (non-hydrogen) atoms. The van der Waals surface area contributed by atoms with E-state index in [2.05, 4.69) is 9.97 Å². The van der Waals surface area contributed by atoms with Crippen LogP contribution in [-0.4, -0.2) is 9.97 Å². The first-order chi connectivity index (χ1) is 18.9. The normalized spacial score (nSPS) is 14.8. The standard InChI is InChI=1S/2C10H5F3N.2C5H5.Ti/c2*11-6-4-7(12)10(8(13)5-6)9-2-1-3-14-9;2*1-2-4-5-3-1;/h2*1-4,14H;2*1-3H,4H2;. The van der Waals surface area contributed by atoms with Crippen LogP contribution in [0.5, 0.6) is 0 Å². The zero-order chi connectivity index (χ0) is 27.3. The van der Waals surface area contributed by atoms with Crippen LogP contribution >= 0.6 is 0 Å². The van der Waals surface area contributed by atoms with Gasteiger partial charge in [-0.3, -0.25) is 0 Å². The molecule has 196 valence electrons. The second-order valence-electron chi connectivity index (χ2n) is 9.37. The number of halogens is 6. The monoisotopic (exact) mass is 570 g/mol. The van der Waals surface area contributed by atoms with Gasteiger partial charge >= 0.3 is 224 Å². The maximum atomic E-state index is 16.7. The number of rotatable bonds is 6. The second kappa shape index (κ2) is 9.77. The van der Waals surface area contributed by atoms with E-state index >= 15 is 26.3 Å². The average molecular weight is 570 g/mol. The van der Waals surface area contributed by atoms with Crippen LogP contribution in [0.2, 0.25) is 0 Å². The Morgan fingerprint density at radius 2 is 1.03 bits per heavy atom. The molecule has 2 heterocycles. The van der Waals surface area contributed by atoms with Crippen LogP contribution in [-0.2, 0) is 16.6 Å². The molecule has 0 fully saturated rings. The number of H-pyrrole nitrogens is 2. The Labute approximate surface area is 223 Å². The molecule has 0 radical (unpaired) electrons. The Morgan fingerprint density at radius 3 is 1.36 bits per heavy atom. The number of benzene rings is 2. The molecule has 2 aliphatic rings. The van der Waals surface area contributed by atoms with Crippen LogP contribution in [0.3, 0.4) is 0 Å². The van der Waals surface area contributed by atoms with Crippen molar-refractivity contribution < 1.29 is 42.9 Å². The summed E-state index contributed by atoms with van der Waals surface area (Å²) in [6.45, 7) is 0. The van der Waals surface area contributed by atoms with Gasteiger partial charge in [-0.2, -0.15) is 0 Å². The van der Waals surface area contributed by atoms with E-state index in [1.807, 2.05) is 0 Å². The Kier molecular flexibility index (Phi) is 6.40. The van der Waals surface area contributed by atoms with E-state index < -0.39 is 70.4 Å². The number of hydrogen-bond donors (Lipinski definition) is 2. The summed E-state index contributed by atoms with van der Waals surface area (Å²) in [7, 11) is 0. The molecule has 2 N–H and O–H groups in total. The molecule has 0 atom stereocenters. The molecule has 0 amide bonds. The van der Waals surface area contributed by atoms with Crippen molar-refractivity contribution in [3.63, 3.8) is 0 Å². The predicted molar refractivity (Wildman–Crippen MR) is 135 cm³/mol. The van der Waals surface area contributed by atoms with E-state index in [0.717, 1.165) is 0 Å². The molecule has 2 aliphatic carbocycles. The summed E-state index contributed by atoms with van der Waals surface area (Å²) in [6.07, 6.45) is 13.3. The molecular formula is C30H20F6N2Ti. The predicted octanol–water partition coefficient (Wildman–Crippen LogP) is 7.30. The van der Waals surface area contributed by atoms with Gasteiger partial charge in [-0.15, -0.1) is 0 Å². The van der Waals surface area contributed by atoms with Gasteiger partial charge in [0.05, 0.1) is 0 Å². The Morgan fingerprint density at radius 1 is 0.590 bits per heavy atom. The topological polar surface area (TPSA) is 31.6 Å². The van der Waals surface area contributed by atoms with Crippen molar-refractivity contribution in [1.29, 1.82) is 0 Å². The molecule has 0 aliphatic heterocycles. The summed E-state index contributed by atoms with van der Waals surface area (Å²) in [5.74, 6) is -7.27. The first-order valence-corrected chi connectivity index (χ1v) is 15.3. The first-order valence-electron chi connectivity index (χ1n) is 12.2. The minimum atomic E-state index is -5.24. The van der Waals surface area contributed by atoms with E-state index in [-0.39, 0.29) is 24.2 Å². The van der Waals surface area contributed by atoms with Crippen LogP contribution in [0.4, 0.5) is 26.3 Å². The zero-order valence-electron chi connectivity index (χ0n) is 20.3. The number of aromatic nitrogens is 2. The minimum absolute atomic E-state index is 0.0479. The van der Waals surface area contributed by atoms with Crippen LogP contribution in [0.25, 0.3) is 22.5 Å². The zero-order valence-corrected chi connectivity index (χ0v) is 21.8. The number of allylic oxidation sites excluding steroid dienone is 8. The van der Waals surface area contributed by atoms with Crippen molar-refractivity contribution in [2.75, 3.05) is 0 Å². The fourth-order valence-corrected chi connectivity index (χ4v) is 14.0. The Bertz CT molecular complexity index is 1590. The van der Waals surface area contributed by atoms with Crippen LogP contribution in [0.15, 0.2) is 93.0 Å². The Balaban J connectivity index is 1.80. The molecule has 2 nitrogen and oxygen atoms in total. The van der Waals surface area contributed by atoms with Crippen molar-refractivity contribution in [3.05, 3.63) is 128 Å². The molecule has 2 aromatic carbocycles. The first kappa shape index (κ1) is 25.5. The van der Waals surface area contributed by atoms with Gasteiger partial charge in [0.1, 0.15) is 0 Å². The maximum absolute atomic E-state index is 16.7. The summed E-state index contributed by atoms with van der Waals surface area (Å²) >= 11 is -5.24. The summed E-state index contributed by atoms with van der Waals surface area (Å²) in [5.41, 5.74) is -0.965. The van der Waals surface area contributed by atoms with Gasteiger partial charge in [-0.1, -0.05) is 0 Å². The van der Waals surface area contributed by atoms with E-state index in [4.69, 9.17) is 0 Å². The van der Waals surface area contributed by atoms with Crippen LogP contribution in [0.1, 0.15) is 12.8 Å². The Hall–Kier alpha value is -3.75. The molecule has 0 unspecified atom stereocenters. The molecule has 9 heteroatoms. The second-order valence-corrected chi connectivity index (χ2v) is 15.3. The quantitative estimate of drug-likeness (QED) is 0.180. The average Bonchev–Trinajstić information content (AvgIpc) is 3.70. The van der Waals surface area contributed by atoms with E-state index in [1.54, 1.807) is 36.5 Å². The van der Waals surface area contributed by atoms with Gasteiger partial charge < -0.3 is 0 Å². The fourth-order valence-electron chi connectivity index (χ4n) is 5.76. The number of hydrogen-bond acceptors (Lipinski definition) is 0. The SMILES string of the molecule is Fc1cc(F)[c]([Ti]([C]2=CC=CC2)([C]2=CC=CC2)[c]2c(F)cc(F)c(-c3ccc[nH]3)c2F)c(F)c1-c1ccc[nH]1. The third-order valence-electron chi connectivity index (χ3n) is 7.33. The molecule has 0 spiro atoms. The molecule has 4 aromatic rings. The van der Waals surface area contributed by atoms with Crippen LogP contribution in [0, 0.1) is 34.9 Å². The number of nitrogens with one attached hydrogen (secondary N) is 2. The third kappa shape index (κ3) is 3.85. The van der Waals surface area contributed by atoms with Crippen molar-refractivity contribution in [2.24, 2.45) is 0 Å². The summed E-state index contributed by atoms with van der Waals surface area (Å²) in [5, 5.41) is 0. The summed E-state index contributed by atoms with van der Waals surface area (Å²) in [6, 6.07) is 7.03. The molecule has 0 saturated heterocycles. The van der Waals surface area contributed by atoms with Crippen molar-refractivity contribution in [3.8, 4) is 22.5 Å². The van der Waals surface area contributed by atoms with Gasteiger partial charge in [0.15, 0.2) is 0 Å². The molecule has 0 bridgehead atoms. The third-order valence-corrected chi connectivity index (χ3v) is 15.3. The van der Waals surface area contributed by atoms with Gasteiger partial charge in [-0.25, -0.2) is 0 Å². The fraction of sp³-hybridized carbons (Fsp3) is 0.0667. The van der Waals surface area contributed by atoms with E-state index in [1.165, 1.54) is 36.7 Å². The van der Waals surface area contributed by atoms with Crippen molar-refractivity contribution in [1.82, 2.24) is 9.97 Å². The molecule has 0 saturated carbocycles. The summed E-state index contributed by atoms with van der Waals surface area (Å²) < 4.78 is 95.5. The van der Waals surface area contributed by atoms with E-state index in [0.29, 0.717) is 19.9 Å². The van der Waals surface area contributed by atoms with Crippen LogP contribution < -0.4 is 7.74 Å². The van der Waals surface area contributed by atoms with Gasteiger partial charge in [0, 0.05) is 0 Å². The van der Waals surface area contributed by atoms with Gasteiger partial charge in [0.25, 0.3) is 0 Å². The van der Waals surface area contributed by atoms with Crippen molar-refractivity contribution in [2.45, 2.75) is 12.8 Å². The van der Waals surface area contributed by atoms with Gasteiger partial charge in [0.2, 0.25) is 0 Å². The molecule has 2 aromatic heterocycles. The summed E-state index contributed by atoms with van der Waals surface area (Å²) in [4.78, 5) is 5.47. The van der Waals surface area contributed by atoms with Gasteiger partial charge in [-0.05, 0) is 0 Å². The number of aromatic amines is 2. The van der Waals surface area contributed by atoms with Crippen molar-refractivity contribution >= 4 is 7.74 Å². The van der Waals surface area contributed by atoms with E-state index in [9.17, 15) is 0 Å². The molecular weight excluding hydrogens is 550 g/mol.